The zero-order valence-corrected chi connectivity index (χ0v) is 19.9. The second-order valence-corrected chi connectivity index (χ2v) is 8.54. The highest BCUT2D eigenvalue weighted by molar-refractivity contribution is 6.46. The smallest absolute Gasteiger partial charge is 0.295 e. The molecule has 0 aliphatic carbocycles. The van der Waals surface area contributed by atoms with Crippen molar-refractivity contribution in [3.05, 3.63) is 64.2 Å². The van der Waals surface area contributed by atoms with Crippen LogP contribution >= 0.6 is 11.6 Å². The third-order valence-corrected chi connectivity index (χ3v) is 5.51. The summed E-state index contributed by atoms with van der Waals surface area (Å²) in [6, 6.07) is 11.0. The van der Waals surface area contributed by atoms with Gasteiger partial charge in [0.25, 0.3) is 11.7 Å². The maximum Gasteiger partial charge on any atom is 0.295 e. The van der Waals surface area contributed by atoms with Gasteiger partial charge in [-0.15, -0.1) is 0 Å². The van der Waals surface area contributed by atoms with Crippen LogP contribution in [-0.4, -0.2) is 55.7 Å². The fourth-order valence-corrected chi connectivity index (χ4v) is 3.84. The maximum atomic E-state index is 13.1. The molecular formula is C25H28ClNO6. The quantitative estimate of drug-likeness (QED) is 0.329. The number of nitrogens with zero attached hydrogens (tertiary/aromatic N) is 1. The van der Waals surface area contributed by atoms with Crippen LogP contribution in [0.25, 0.3) is 5.76 Å². The molecule has 3 rings (SSSR count). The van der Waals surface area contributed by atoms with E-state index in [0.29, 0.717) is 34.6 Å². The van der Waals surface area contributed by atoms with E-state index in [4.69, 9.17) is 25.8 Å². The average Bonchev–Trinajstić information content (AvgIpc) is 3.06. The number of amides is 1. The van der Waals surface area contributed by atoms with Gasteiger partial charge in [-0.25, -0.2) is 0 Å². The molecule has 1 heterocycles. The average molecular weight is 474 g/mol. The van der Waals surface area contributed by atoms with Crippen LogP contribution in [0.2, 0.25) is 5.02 Å². The molecule has 0 radical (unpaired) electrons. The van der Waals surface area contributed by atoms with Crippen molar-refractivity contribution in [3.8, 4) is 11.5 Å². The Morgan fingerprint density at radius 1 is 1.12 bits per heavy atom. The Morgan fingerprint density at radius 3 is 2.42 bits per heavy atom. The molecule has 2 aromatic rings. The number of benzene rings is 2. The normalized spacial score (nSPS) is 17.6. The first-order chi connectivity index (χ1) is 15.8. The lowest BCUT2D eigenvalue weighted by Gasteiger charge is -2.25. The molecule has 1 aliphatic rings. The standard InChI is InChI=1S/C25H28ClNO6/c1-15(2)14-33-18-8-5-16(6-9-18)22-21(24(29)25(30)27(22)11-12-31-3)23(28)19-13-17(26)7-10-20(19)32-4/h5-10,13,15,22,28H,11-12,14H2,1-4H3/b23-21+. The Balaban J connectivity index is 2.11. The molecule has 1 unspecified atom stereocenters. The number of carbonyl (C=O) groups is 2. The van der Waals surface area contributed by atoms with Crippen molar-refractivity contribution >= 4 is 29.1 Å². The minimum Gasteiger partial charge on any atom is -0.507 e. The van der Waals surface area contributed by atoms with E-state index in [1.54, 1.807) is 36.4 Å². The molecule has 2 aromatic carbocycles. The van der Waals surface area contributed by atoms with Crippen molar-refractivity contribution in [3.63, 3.8) is 0 Å². The van der Waals surface area contributed by atoms with Crippen LogP contribution in [0.4, 0.5) is 0 Å². The topological polar surface area (TPSA) is 85.3 Å². The number of aliphatic hydroxyl groups is 1. The van der Waals surface area contributed by atoms with Gasteiger partial charge in [-0.3, -0.25) is 9.59 Å². The minimum absolute atomic E-state index is 0.0347. The SMILES string of the molecule is COCCN1C(=O)C(=O)/C(=C(/O)c2cc(Cl)ccc2OC)C1c1ccc(OCC(C)C)cc1. The summed E-state index contributed by atoms with van der Waals surface area (Å²) in [4.78, 5) is 27.4. The number of Topliss-reactive ketones (excluding diaryl/α,β-unsaturated/α-hetero) is 1. The summed E-state index contributed by atoms with van der Waals surface area (Å²) in [6.45, 7) is 5.10. The van der Waals surface area contributed by atoms with Crippen LogP contribution in [0.3, 0.4) is 0 Å². The number of hydrogen-bond acceptors (Lipinski definition) is 6. The fourth-order valence-electron chi connectivity index (χ4n) is 3.67. The van der Waals surface area contributed by atoms with Crippen molar-refractivity contribution < 1.29 is 28.9 Å². The Labute approximate surface area is 198 Å². The zero-order valence-electron chi connectivity index (χ0n) is 19.1. The third-order valence-electron chi connectivity index (χ3n) is 5.27. The van der Waals surface area contributed by atoms with E-state index in [9.17, 15) is 14.7 Å². The molecule has 0 spiro atoms. The molecular weight excluding hydrogens is 446 g/mol. The zero-order chi connectivity index (χ0) is 24.1. The molecule has 0 aromatic heterocycles. The Kier molecular flexibility index (Phi) is 8.00. The highest BCUT2D eigenvalue weighted by Crippen LogP contribution is 2.41. The van der Waals surface area contributed by atoms with Gasteiger partial charge >= 0.3 is 0 Å². The van der Waals surface area contributed by atoms with Gasteiger partial charge in [-0.05, 0) is 41.8 Å². The first-order valence-electron chi connectivity index (χ1n) is 10.6. The predicted molar refractivity (Wildman–Crippen MR) is 126 cm³/mol. The number of methoxy groups -OCH3 is 2. The largest absolute Gasteiger partial charge is 0.507 e. The van der Waals surface area contributed by atoms with Crippen LogP contribution in [0.15, 0.2) is 48.0 Å². The number of halogens is 1. The van der Waals surface area contributed by atoms with Gasteiger partial charge in [0.2, 0.25) is 0 Å². The molecule has 7 nitrogen and oxygen atoms in total. The van der Waals surface area contributed by atoms with Crippen molar-refractivity contribution in [2.24, 2.45) is 5.92 Å². The summed E-state index contributed by atoms with van der Waals surface area (Å²) in [7, 11) is 2.97. The van der Waals surface area contributed by atoms with Crippen LogP contribution in [-0.2, 0) is 14.3 Å². The van der Waals surface area contributed by atoms with E-state index in [1.165, 1.54) is 25.2 Å². The molecule has 1 amide bonds. The summed E-state index contributed by atoms with van der Waals surface area (Å²) in [5.74, 6) is -0.458. The molecule has 1 aliphatic heterocycles. The lowest BCUT2D eigenvalue weighted by Crippen LogP contribution is -2.32. The van der Waals surface area contributed by atoms with E-state index >= 15 is 0 Å². The summed E-state index contributed by atoms with van der Waals surface area (Å²) in [6.07, 6.45) is 0. The molecule has 176 valence electrons. The van der Waals surface area contributed by atoms with Crippen molar-refractivity contribution in [1.82, 2.24) is 4.90 Å². The summed E-state index contributed by atoms with van der Waals surface area (Å²) in [5.41, 5.74) is 0.855. The lowest BCUT2D eigenvalue weighted by atomic mass is 9.95. The molecule has 0 saturated carbocycles. The molecule has 1 saturated heterocycles. The molecule has 0 bridgehead atoms. The molecule has 8 heteroatoms. The number of rotatable bonds is 9. The van der Waals surface area contributed by atoms with Crippen LogP contribution in [0.1, 0.15) is 31.0 Å². The Bertz CT molecular complexity index is 1050. The summed E-state index contributed by atoms with van der Waals surface area (Å²) < 4.78 is 16.2. The van der Waals surface area contributed by atoms with Gasteiger partial charge < -0.3 is 24.2 Å². The lowest BCUT2D eigenvalue weighted by molar-refractivity contribution is -0.140. The predicted octanol–water partition coefficient (Wildman–Crippen LogP) is 4.45. The molecule has 33 heavy (non-hydrogen) atoms. The highest BCUT2D eigenvalue weighted by atomic mass is 35.5. The van der Waals surface area contributed by atoms with Gasteiger partial charge in [0, 0.05) is 18.7 Å². The third kappa shape index (κ3) is 5.31. The van der Waals surface area contributed by atoms with E-state index in [2.05, 4.69) is 13.8 Å². The number of ether oxygens (including phenoxy) is 3. The number of aliphatic hydroxyl groups excluding tert-OH is 1. The highest BCUT2D eigenvalue weighted by Gasteiger charge is 2.46. The van der Waals surface area contributed by atoms with Crippen LogP contribution in [0, 0.1) is 5.92 Å². The first-order valence-corrected chi connectivity index (χ1v) is 11.0. The second kappa shape index (κ2) is 10.7. The van der Waals surface area contributed by atoms with E-state index in [1.807, 2.05) is 0 Å². The minimum atomic E-state index is -0.803. The van der Waals surface area contributed by atoms with E-state index in [-0.39, 0.29) is 30.0 Å². The molecule has 1 atom stereocenters. The van der Waals surface area contributed by atoms with Crippen molar-refractivity contribution in [2.75, 3.05) is 34.0 Å². The number of hydrogen-bond donors (Lipinski definition) is 1. The molecule has 1 N–H and O–H groups in total. The van der Waals surface area contributed by atoms with E-state index < -0.39 is 17.7 Å². The maximum absolute atomic E-state index is 13.1. The van der Waals surface area contributed by atoms with Crippen LogP contribution in [0.5, 0.6) is 11.5 Å². The number of carbonyl (C=O) groups excluding carboxylic acids is 2. The van der Waals surface area contributed by atoms with Gasteiger partial charge in [-0.2, -0.15) is 0 Å². The number of likely N-dealkylation sites (tertiary alicyclic amines) is 1. The Hall–Kier alpha value is -3.03. The summed E-state index contributed by atoms with van der Waals surface area (Å²) >= 11 is 6.13. The second-order valence-electron chi connectivity index (χ2n) is 8.10. The van der Waals surface area contributed by atoms with Gasteiger partial charge in [0.15, 0.2) is 0 Å². The van der Waals surface area contributed by atoms with Crippen molar-refractivity contribution in [1.29, 1.82) is 0 Å². The Morgan fingerprint density at radius 2 is 1.82 bits per heavy atom. The van der Waals surface area contributed by atoms with Gasteiger partial charge in [-0.1, -0.05) is 37.6 Å². The van der Waals surface area contributed by atoms with Gasteiger partial charge in [0.05, 0.1) is 37.5 Å². The van der Waals surface area contributed by atoms with E-state index in [0.717, 1.165) is 0 Å². The first kappa shape index (κ1) is 24.6. The number of ketones is 1. The van der Waals surface area contributed by atoms with Crippen molar-refractivity contribution in [2.45, 2.75) is 19.9 Å². The molecule has 1 fully saturated rings. The van der Waals surface area contributed by atoms with Crippen LogP contribution < -0.4 is 9.47 Å². The fraction of sp³-hybridized carbons (Fsp3) is 0.360. The summed E-state index contributed by atoms with van der Waals surface area (Å²) in [5, 5.41) is 11.6. The monoisotopic (exact) mass is 473 g/mol. The van der Waals surface area contributed by atoms with Gasteiger partial charge in [0.1, 0.15) is 17.3 Å².